The number of aromatic nitrogens is 2. The highest BCUT2D eigenvalue weighted by molar-refractivity contribution is 6.36. The van der Waals surface area contributed by atoms with Crippen LogP contribution in [0.3, 0.4) is 0 Å². The standard InChI is InChI=1S/C16H9Cl3N2/c17-11-3-1-10(2-4-11)16-14(8-20-9-21-16)13-6-5-12(18)7-15(13)19/h1-9H. The third-order valence-electron chi connectivity index (χ3n) is 3.05. The van der Waals surface area contributed by atoms with Crippen molar-refractivity contribution in [1.82, 2.24) is 9.97 Å². The minimum atomic E-state index is 0.563. The molecule has 2 nitrogen and oxygen atoms in total. The van der Waals surface area contributed by atoms with Gasteiger partial charge < -0.3 is 0 Å². The summed E-state index contributed by atoms with van der Waals surface area (Å²) in [5.41, 5.74) is 3.43. The van der Waals surface area contributed by atoms with Crippen molar-refractivity contribution in [3.8, 4) is 22.4 Å². The molecule has 0 amide bonds. The van der Waals surface area contributed by atoms with E-state index in [2.05, 4.69) is 9.97 Å². The predicted octanol–water partition coefficient (Wildman–Crippen LogP) is 5.77. The number of nitrogens with zero attached hydrogens (tertiary/aromatic N) is 2. The maximum absolute atomic E-state index is 6.29. The lowest BCUT2D eigenvalue weighted by molar-refractivity contribution is 1.17. The Morgan fingerprint density at radius 1 is 0.762 bits per heavy atom. The van der Waals surface area contributed by atoms with Crippen LogP contribution in [-0.4, -0.2) is 9.97 Å². The van der Waals surface area contributed by atoms with E-state index in [9.17, 15) is 0 Å². The van der Waals surface area contributed by atoms with E-state index in [0.717, 1.165) is 22.4 Å². The summed E-state index contributed by atoms with van der Waals surface area (Å²) in [5.74, 6) is 0. The zero-order chi connectivity index (χ0) is 14.8. The highest BCUT2D eigenvalue weighted by atomic mass is 35.5. The lowest BCUT2D eigenvalue weighted by atomic mass is 10.0. The predicted molar refractivity (Wildman–Crippen MR) is 87.9 cm³/mol. The Kier molecular flexibility index (Phi) is 4.11. The molecule has 0 bridgehead atoms. The molecule has 1 aromatic heterocycles. The Hall–Kier alpha value is -1.61. The molecule has 2 aromatic carbocycles. The number of halogens is 3. The molecular weight excluding hydrogens is 327 g/mol. The van der Waals surface area contributed by atoms with Crippen molar-refractivity contribution in [2.75, 3.05) is 0 Å². The number of rotatable bonds is 2. The van der Waals surface area contributed by atoms with Gasteiger partial charge in [0.05, 0.1) is 10.7 Å². The lowest BCUT2D eigenvalue weighted by Gasteiger charge is -2.10. The second-order valence-electron chi connectivity index (χ2n) is 4.42. The monoisotopic (exact) mass is 334 g/mol. The molecule has 0 N–H and O–H groups in total. The van der Waals surface area contributed by atoms with Gasteiger partial charge in [0.15, 0.2) is 0 Å². The summed E-state index contributed by atoms with van der Waals surface area (Å²) in [5, 5.41) is 1.83. The number of hydrogen-bond donors (Lipinski definition) is 0. The molecule has 5 heteroatoms. The first kappa shape index (κ1) is 14.3. The molecule has 0 saturated carbocycles. The topological polar surface area (TPSA) is 25.8 Å². The zero-order valence-corrected chi connectivity index (χ0v) is 13.0. The van der Waals surface area contributed by atoms with Gasteiger partial charge >= 0.3 is 0 Å². The van der Waals surface area contributed by atoms with Gasteiger partial charge in [-0.25, -0.2) is 9.97 Å². The van der Waals surface area contributed by atoms with Gasteiger partial charge in [0.2, 0.25) is 0 Å². The van der Waals surface area contributed by atoms with Crippen LogP contribution in [0.15, 0.2) is 55.0 Å². The van der Waals surface area contributed by atoms with Crippen LogP contribution in [0.2, 0.25) is 15.1 Å². The second kappa shape index (κ2) is 6.02. The highest BCUT2D eigenvalue weighted by Gasteiger charge is 2.12. The van der Waals surface area contributed by atoms with Crippen LogP contribution in [0.4, 0.5) is 0 Å². The van der Waals surface area contributed by atoms with Crippen LogP contribution in [0, 0.1) is 0 Å². The first-order valence-electron chi connectivity index (χ1n) is 6.16. The van der Waals surface area contributed by atoms with Gasteiger partial charge in [-0.15, -0.1) is 0 Å². The fourth-order valence-corrected chi connectivity index (χ4v) is 2.71. The van der Waals surface area contributed by atoms with Crippen molar-refractivity contribution in [2.45, 2.75) is 0 Å². The Bertz CT molecular complexity index is 786. The van der Waals surface area contributed by atoms with E-state index in [4.69, 9.17) is 34.8 Å². The summed E-state index contributed by atoms with van der Waals surface area (Å²) in [6.45, 7) is 0. The summed E-state index contributed by atoms with van der Waals surface area (Å²) >= 11 is 18.2. The van der Waals surface area contributed by atoms with Crippen LogP contribution >= 0.6 is 34.8 Å². The van der Waals surface area contributed by atoms with Crippen LogP contribution in [0.5, 0.6) is 0 Å². The fraction of sp³-hybridized carbons (Fsp3) is 0. The van der Waals surface area contributed by atoms with Crippen LogP contribution in [0.25, 0.3) is 22.4 Å². The largest absolute Gasteiger partial charge is 0.244 e. The van der Waals surface area contributed by atoms with Crippen molar-refractivity contribution < 1.29 is 0 Å². The minimum Gasteiger partial charge on any atom is -0.244 e. The zero-order valence-electron chi connectivity index (χ0n) is 10.7. The van der Waals surface area contributed by atoms with Crippen molar-refractivity contribution in [3.63, 3.8) is 0 Å². The smallest absolute Gasteiger partial charge is 0.116 e. The average molecular weight is 336 g/mol. The molecule has 3 aromatic rings. The fourth-order valence-electron chi connectivity index (χ4n) is 2.07. The highest BCUT2D eigenvalue weighted by Crippen LogP contribution is 2.35. The molecule has 0 aliphatic rings. The maximum Gasteiger partial charge on any atom is 0.116 e. The molecular formula is C16H9Cl3N2. The quantitative estimate of drug-likeness (QED) is 0.594. The van der Waals surface area contributed by atoms with Gasteiger partial charge in [0.25, 0.3) is 0 Å². The van der Waals surface area contributed by atoms with Gasteiger partial charge in [0, 0.05) is 32.9 Å². The van der Waals surface area contributed by atoms with Gasteiger partial charge in [-0.3, -0.25) is 0 Å². The molecule has 0 radical (unpaired) electrons. The molecule has 0 saturated heterocycles. The summed E-state index contributed by atoms with van der Waals surface area (Å²) < 4.78 is 0. The molecule has 3 rings (SSSR count). The Balaban J connectivity index is 2.18. The van der Waals surface area contributed by atoms with Gasteiger partial charge in [-0.2, -0.15) is 0 Å². The minimum absolute atomic E-state index is 0.563. The van der Waals surface area contributed by atoms with Crippen LogP contribution < -0.4 is 0 Å². The second-order valence-corrected chi connectivity index (χ2v) is 5.70. The van der Waals surface area contributed by atoms with Crippen molar-refractivity contribution in [2.24, 2.45) is 0 Å². The lowest BCUT2D eigenvalue weighted by Crippen LogP contribution is -1.91. The maximum atomic E-state index is 6.29. The van der Waals surface area contributed by atoms with Crippen LogP contribution in [0.1, 0.15) is 0 Å². The number of hydrogen-bond acceptors (Lipinski definition) is 2. The molecule has 21 heavy (non-hydrogen) atoms. The molecule has 0 fully saturated rings. The Morgan fingerprint density at radius 3 is 2.19 bits per heavy atom. The van der Waals surface area contributed by atoms with E-state index >= 15 is 0 Å². The van der Waals surface area contributed by atoms with E-state index in [0.29, 0.717) is 15.1 Å². The van der Waals surface area contributed by atoms with Gasteiger partial charge in [0.1, 0.15) is 6.33 Å². The third-order valence-corrected chi connectivity index (χ3v) is 3.85. The van der Waals surface area contributed by atoms with E-state index in [1.54, 1.807) is 18.3 Å². The molecule has 104 valence electrons. The molecule has 0 aliphatic carbocycles. The van der Waals surface area contributed by atoms with Crippen molar-refractivity contribution in [1.29, 1.82) is 0 Å². The SMILES string of the molecule is Clc1ccc(-c2ncncc2-c2ccc(Cl)cc2Cl)cc1. The summed E-state index contributed by atoms with van der Waals surface area (Å²) in [4.78, 5) is 8.47. The average Bonchev–Trinajstić information content (AvgIpc) is 2.48. The van der Waals surface area contributed by atoms with Crippen LogP contribution in [-0.2, 0) is 0 Å². The first-order chi connectivity index (χ1) is 10.1. The van der Waals surface area contributed by atoms with E-state index < -0.39 is 0 Å². The van der Waals surface area contributed by atoms with E-state index in [1.165, 1.54) is 6.33 Å². The molecule has 1 heterocycles. The van der Waals surface area contributed by atoms with Crippen molar-refractivity contribution in [3.05, 3.63) is 70.1 Å². The summed E-state index contributed by atoms with van der Waals surface area (Å²) in [6, 6.07) is 12.8. The van der Waals surface area contributed by atoms with Gasteiger partial charge in [-0.05, 0) is 24.3 Å². The molecule has 0 spiro atoms. The van der Waals surface area contributed by atoms with Crippen molar-refractivity contribution >= 4 is 34.8 Å². The van der Waals surface area contributed by atoms with E-state index in [-0.39, 0.29) is 0 Å². The first-order valence-corrected chi connectivity index (χ1v) is 7.30. The number of benzene rings is 2. The molecule has 0 aliphatic heterocycles. The third kappa shape index (κ3) is 3.03. The normalized spacial score (nSPS) is 10.6. The Labute approximate surface area is 137 Å². The van der Waals surface area contributed by atoms with E-state index in [1.807, 2.05) is 30.3 Å². The summed E-state index contributed by atoms with van der Waals surface area (Å²) in [7, 11) is 0. The molecule has 0 unspecified atom stereocenters. The Morgan fingerprint density at radius 2 is 1.48 bits per heavy atom. The molecule has 0 atom stereocenters. The van der Waals surface area contributed by atoms with Gasteiger partial charge in [-0.1, -0.05) is 53.0 Å². The summed E-state index contributed by atoms with van der Waals surface area (Å²) in [6.07, 6.45) is 3.25.